The molecule has 0 aromatic carbocycles. The number of rotatable bonds is 8. The van der Waals surface area contributed by atoms with Crippen LogP contribution in [-0.2, 0) is 4.79 Å². The van der Waals surface area contributed by atoms with Crippen molar-refractivity contribution in [2.45, 2.75) is 26.2 Å². The Hall–Kier alpha value is -2.17. The van der Waals surface area contributed by atoms with E-state index in [1.54, 1.807) is 12.2 Å². The van der Waals surface area contributed by atoms with Crippen LogP contribution in [0.2, 0.25) is 0 Å². The van der Waals surface area contributed by atoms with Gasteiger partial charge in [-0.05, 0) is 31.1 Å². The maximum absolute atomic E-state index is 12.4. The zero-order valence-corrected chi connectivity index (χ0v) is 13.1. The number of carbonyl (C=O) groups is 1. The third-order valence-electron chi connectivity index (χ3n) is 1.82. The molecule has 0 unspecified atom stereocenters. The molecule has 0 rings (SSSR count). The minimum absolute atomic E-state index is 0.425. The van der Waals surface area contributed by atoms with Crippen molar-refractivity contribution in [1.82, 2.24) is 0 Å². The van der Waals surface area contributed by atoms with Gasteiger partial charge >= 0.3 is 0 Å². The van der Waals surface area contributed by atoms with Crippen LogP contribution in [0, 0.1) is 5.41 Å². The first-order valence-corrected chi connectivity index (χ1v) is 6.60. The van der Waals surface area contributed by atoms with E-state index in [0.29, 0.717) is 19.9 Å². The molecule has 0 saturated heterocycles. The lowest BCUT2D eigenvalue weighted by atomic mass is 10.2. The maximum Gasteiger partial charge on any atom is 0.154 e. The molecule has 2 nitrogen and oxygen atoms in total. The SMILES string of the molecule is C=C(F)/C(F)=C\CC=CCCC.CF.N=C/C=C\C=C\C=O. The van der Waals surface area contributed by atoms with Crippen LogP contribution in [-0.4, -0.2) is 19.7 Å². The predicted octanol–water partition coefficient (Wildman–Crippen LogP) is 5.60. The highest BCUT2D eigenvalue weighted by atomic mass is 19.2. The molecule has 0 heterocycles. The summed E-state index contributed by atoms with van der Waals surface area (Å²) in [5, 5.41) is 6.50. The Balaban J connectivity index is -0.000000313. The topological polar surface area (TPSA) is 40.9 Å². The molecule has 0 amide bonds. The van der Waals surface area contributed by atoms with E-state index in [2.05, 4.69) is 13.5 Å². The number of unbranched alkanes of at least 4 members (excludes halogenated alkanes) is 1. The van der Waals surface area contributed by atoms with E-state index in [4.69, 9.17) is 5.41 Å². The second-order valence-corrected chi connectivity index (χ2v) is 3.53. The van der Waals surface area contributed by atoms with Gasteiger partial charge in [0.1, 0.15) is 6.29 Å². The molecule has 0 aliphatic heterocycles. The van der Waals surface area contributed by atoms with Gasteiger partial charge < -0.3 is 5.41 Å². The van der Waals surface area contributed by atoms with Crippen LogP contribution in [0.1, 0.15) is 26.2 Å². The lowest BCUT2D eigenvalue weighted by molar-refractivity contribution is -0.104. The quantitative estimate of drug-likeness (QED) is 0.204. The van der Waals surface area contributed by atoms with E-state index in [0.717, 1.165) is 19.1 Å². The summed E-state index contributed by atoms with van der Waals surface area (Å²) in [4.78, 5) is 9.59. The normalized spacial score (nSPS) is 10.9. The molecule has 0 saturated carbocycles. The number of aldehydes is 1. The third-order valence-corrected chi connectivity index (χ3v) is 1.82. The van der Waals surface area contributed by atoms with Crippen LogP contribution in [0.15, 0.2) is 60.8 Å². The minimum atomic E-state index is -1.00. The van der Waals surface area contributed by atoms with Crippen LogP contribution >= 0.6 is 0 Å². The number of alkyl halides is 1. The third kappa shape index (κ3) is 26.4. The van der Waals surface area contributed by atoms with Crippen molar-refractivity contribution in [3.63, 3.8) is 0 Å². The fourth-order valence-corrected chi connectivity index (χ4v) is 0.892. The van der Waals surface area contributed by atoms with Gasteiger partial charge in [-0.25, -0.2) is 8.78 Å². The monoisotopic (exact) mass is 315 g/mol. The first kappa shape index (κ1) is 24.8. The smallest absolute Gasteiger partial charge is 0.154 e. The Labute approximate surface area is 130 Å². The van der Waals surface area contributed by atoms with Gasteiger partial charge in [0.05, 0.1) is 7.18 Å². The summed E-state index contributed by atoms with van der Waals surface area (Å²) in [6, 6.07) is 0. The lowest BCUT2D eigenvalue weighted by Gasteiger charge is -1.88. The molecule has 22 heavy (non-hydrogen) atoms. The maximum atomic E-state index is 12.4. The van der Waals surface area contributed by atoms with E-state index < -0.39 is 11.7 Å². The zero-order chi connectivity index (χ0) is 17.6. The standard InChI is InChI=1S/C10H14F2.C6H7NO.CH3F/c1-3-4-5-6-7-8-10(12)9(2)11;7-5-3-1-2-4-6-8;1-2/h5-6,8H,2-4,7H2,1H3;1-7H;1H3/b6-5?,10-8+;3-1-,4-2+,7-5?;. The molecule has 124 valence electrons. The highest BCUT2D eigenvalue weighted by molar-refractivity contribution is 5.69. The summed E-state index contributed by atoms with van der Waals surface area (Å²) in [5.41, 5.74) is 0. The van der Waals surface area contributed by atoms with Crippen molar-refractivity contribution < 1.29 is 18.0 Å². The highest BCUT2D eigenvalue weighted by Gasteiger charge is 1.95. The summed E-state index contributed by atoms with van der Waals surface area (Å²) in [6.07, 6.45) is 15.3. The zero-order valence-electron chi connectivity index (χ0n) is 13.1. The summed E-state index contributed by atoms with van der Waals surface area (Å²) in [6.45, 7) is 4.90. The van der Waals surface area contributed by atoms with Crippen molar-refractivity contribution in [2.24, 2.45) is 0 Å². The first-order chi connectivity index (χ1) is 10.6. The Bertz CT molecular complexity index is 381. The van der Waals surface area contributed by atoms with Gasteiger partial charge in [0.25, 0.3) is 0 Å². The van der Waals surface area contributed by atoms with Crippen molar-refractivity contribution in [3.05, 3.63) is 60.8 Å². The van der Waals surface area contributed by atoms with Crippen LogP contribution in [0.3, 0.4) is 0 Å². The molecule has 0 aliphatic carbocycles. The fraction of sp³-hybridized carbons (Fsp3) is 0.294. The molecule has 0 aromatic rings. The second kappa shape index (κ2) is 23.9. The molecule has 0 atom stereocenters. The predicted molar refractivity (Wildman–Crippen MR) is 88.3 cm³/mol. The molecule has 1 N–H and O–H groups in total. The number of hydrogen-bond donors (Lipinski definition) is 1. The number of halogens is 3. The largest absolute Gasteiger partial charge is 0.309 e. The summed E-state index contributed by atoms with van der Waals surface area (Å²) in [7, 11) is 0.500. The van der Waals surface area contributed by atoms with Crippen LogP contribution in [0.4, 0.5) is 13.2 Å². The molecular weight excluding hydrogens is 291 g/mol. The van der Waals surface area contributed by atoms with Crippen LogP contribution in [0.5, 0.6) is 0 Å². The Kier molecular flexibility index (Phi) is 27.0. The van der Waals surface area contributed by atoms with E-state index in [-0.39, 0.29) is 0 Å². The molecule has 0 radical (unpaired) electrons. The van der Waals surface area contributed by atoms with Gasteiger partial charge in [0.2, 0.25) is 0 Å². The van der Waals surface area contributed by atoms with Crippen molar-refractivity contribution in [2.75, 3.05) is 7.18 Å². The first-order valence-electron chi connectivity index (χ1n) is 6.60. The van der Waals surface area contributed by atoms with E-state index in [1.165, 1.54) is 18.2 Å². The van der Waals surface area contributed by atoms with Crippen molar-refractivity contribution in [3.8, 4) is 0 Å². The van der Waals surface area contributed by atoms with E-state index in [1.807, 2.05) is 12.2 Å². The summed E-state index contributed by atoms with van der Waals surface area (Å²) in [5.74, 6) is -1.87. The summed E-state index contributed by atoms with van der Waals surface area (Å²) < 4.78 is 33.9. The second-order valence-electron chi connectivity index (χ2n) is 3.53. The van der Waals surface area contributed by atoms with Gasteiger partial charge in [-0.1, -0.05) is 44.2 Å². The Morgan fingerprint density at radius 1 is 1.09 bits per heavy atom. The molecule has 5 heteroatoms. The molecule has 0 aromatic heterocycles. The van der Waals surface area contributed by atoms with Crippen LogP contribution < -0.4 is 0 Å². The van der Waals surface area contributed by atoms with E-state index >= 15 is 0 Å². The molecule has 0 bridgehead atoms. The molecule has 0 aliphatic rings. The van der Waals surface area contributed by atoms with E-state index in [9.17, 15) is 18.0 Å². The van der Waals surface area contributed by atoms with Crippen molar-refractivity contribution in [1.29, 1.82) is 5.41 Å². The number of hydrogen-bond acceptors (Lipinski definition) is 2. The fourth-order valence-electron chi connectivity index (χ4n) is 0.892. The average Bonchev–Trinajstić information content (AvgIpc) is 2.53. The Morgan fingerprint density at radius 2 is 1.68 bits per heavy atom. The van der Waals surface area contributed by atoms with Gasteiger partial charge in [-0.15, -0.1) is 0 Å². The van der Waals surface area contributed by atoms with Gasteiger partial charge in [0, 0.05) is 6.21 Å². The van der Waals surface area contributed by atoms with Gasteiger partial charge in [0.15, 0.2) is 11.7 Å². The molecule has 0 spiro atoms. The number of carbonyl (C=O) groups excluding carboxylic acids is 1. The van der Waals surface area contributed by atoms with Crippen LogP contribution in [0.25, 0.3) is 0 Å². The highest BCUT2D eigenvalue weighted by Crippen LogP contribution is 2.10. The molecular formula is C17H24F3NO. The van der Waals surface area contributed by atoms with Gasteiger partial charge in [-0.2, -0.15) is 0 Å². The number of nitrogens with one attached hydrogen (secondary N) is 1. The Morgan fingerprint density at radius 3 is 2.14 bits per heavy atom. The number of allylic oxidation sites excluding steroid dienone is 9. The minimum Gasteiger partial charge on any atom is -0.309 e. The van der Waals surface area contributed by atoms with Gasteiger partial charge in [-0.3, -0.25) is 9.18 Å². The summed E-state index contributed by atoms with van der Waals surface area (Å²) >= 11 is 0. The average molecular weight is 315 g/mol. The van der Waals surface area contributed by atoms with Crippen molar-refractivity contribution >= 4 is 12.5 Å². The molecule has 0 fully saturated rings. The lowest BCUT2D eigenvalue weighted by Crippen LogP contribution is -1.71.